The molecule has 0 saturated heterocycles. The zero-order valence-electron chi connectivity index (χ0n) is 14.9. The van der Waals surface area contributed by atoms with Crippen LogP contribution in [-0.2, 0) is 11.0 Å². The van der Waals surface area contributed by atoms with Crippen LogP contribution in [-0.4, -0.2) is 43.2 Å². The summed E-state index contributed by atoms with van der Waals surface area (Å²) in [5.74, 6) is -0.654. The van der Waals surface area contributed by atoms with Gasteiger partial charge in [0.25, 0.3) is 0 Å². The molecule has 0 aromatic heterocycles. The van der Waals surface area contributed by atoms with E-state index in [1.165, 1.54) is 24.9 Å². The molecule has 1 unspecified atom stereocenters. The van der Waals surface area contributed by atoms with Gasteiger partial charge in [-0.05, 0) is 31.5 Å². The zero-order chi connectivity index (χ0) is 21.0. The van der Waals surface area contributed by atoms with E-state index in [0.717, 1.165) is 12.1 Å². The van der Waals surface area contributed by atoms with E-state index in [2.05, 4.69) is 0 Å². The van der Waals surface area contributed by atoms with Gasteiger partial charge < -0.3 is 9.80 Å². The van der Waals surface area contributed by atoms with Crippen molar-refractivity contribution >= 4 is 11.6 Å². The van der Waals surface area contributed by atoms with E-state index in [1.54, 1.807) is 6.92 Å². The molecule has 0 radical (unpaired) electrons. The summed E-state index contributed by atoms with van der Waals surface area (Å²) >= 11 is 0. The quantitative estimate of drug-likeness (QED) is 0.679. The second-order valence-corrected chi connectivity index (χ2v) is 6.02. The van der Waals surface area contributed by atoms with Crippen LogP contribution in [0, 0.1) is 11.3 Å². The third kappa shape index (κ3) is 6.05. The van der Waals surface area contributed by atoms with E-state index in [9.17, 15) is 31.1 Å². The van der Waals surface area contributed by atoms with Crippen LogP contribution in [0.5, 0.6) is 0 Å². The minimum Gasteiger partial charge on any atom is -0.351 e. The number of carbonyl (C=O) groups is 1. The summed E-state index contributed by atoms with van der Waals surface area (Å²) in [6.45, 7) is 1.66. The highest BCUT2D eigenvalue weighted by Gasteiger charge is 2.38. The van der Waals surface area contributed by atoms with Crippen molar-refractivity contribution in [1.29, 1.82) is 5.26 Å². The maximum absolute atomic E-state index is 13.1. The lowest BCUT2D eigenvalue weighted by Crippen LogP contribution is -2.49. The van der Waals surface area contributed by atoms with Gasteiger partial charge in [0.15, 0.2) is 0 Å². The van der Waals surface area contributed by atoms with Gasteiger partial charge in [-0.1, -0.05) is 6.92 Å². The Kier molecular flexibility index (Phi) is 7.11. The van der Waals surface area contributed by atoms with Crippen molar-refractivity contribution in [3.8, 4) is 6.07 Å². The number of rotatable bonds is 6. The molecule has 27 heavy (non-hydrogen) atoms. The van der Waals surface area contributed by atoms with Crippen molar-refractivity contribution in [2.24, 2.45) is 0 Å². The van der Waals surface area contributed by atoms with Crippen molar-refractivity contribution in [3.05, 3.63) is 29.3 Å². The van der Waals surface area contributed by atoms with E-state index >= 15 is 0 Å². The van der Waals surface area contributed by atoms with Gasteiger partial charge in [0, 0.05) is 19.3 Å². The largest absolute Gasteiger partial charge is 0.417 e. The standard InChI is InChI=1S/C17H19F6N3O/c1-4-7-25(3)15(27)11(2)26(10-16(18,19)20)13-6-5-12(9-24)14(8-13)17(21,22)23/h5-6,8,11H,4,7,10H2,1-3H3. The van der Waals surface area contributed by atoms with Crippen LogP contribution in [0.15, 0.2) is 18.2 Å². The maximum Gasteiger partial charge on any atom is 0.417 e. The molecule has 0 aliphatic rings. The minimum atomic E-state index is -4.92. The molecule has 150 valence electrons. The Hall–Kier alpha value is -2.44. The predicted molar refractivity (Wildman–Crippen MR) is 87.0 cm³/mol. The molecule has 4 nitrogen and oxygen atoms in total. The van der Waals surface area contributed by atoms with Gasteiger partial charge in [0.05, 0.1) is 17.2 Å². The fourth-order valence-corrected chi connectivity index (χ4v) is 2.59. The van der Waals surface area contributed by atoms with Gasteiger partial charge in [0.2, 0.25) is 5.91 Å². The van der Waals surface area contributed by atoms with Crippen LogP contribution in [0.4, 0.5) is 32.0 Å². The molecule has 0 N–H and O–H groups in total. The first-order valence-electron chi connectivity index (χ1n) is 8.01. The van der Waals surface area contributed by atoms with Crippen LogP contribution < -0.4 is 4.90 Å². The summed E-state index contributed by atoms with van der Waals surface area (Å²) in [5, 5.41) is 8.82. The summed E-state index contributed by atoms with van der Waals surface area (Å²) in [5.41, 5.74) is -2.50. The highest BCUT2D eigenvalue weighted by atomic mass is 19.4. The molecule has 0 bridgehead atoms. The number of halogens is 6. The topological polar surface area (TPSA) is 47.3 Å². The average molecular weight is 395 g/mol. The van der Waals surface area contributed by atoms with E-state index in [0.29, 0.717) is 23.9 Å². The summed E-state index contributed by atoms with van der Waals surface area (Å²) in [4.78, 5) is 14.2. The van der Waals surface area contributed by atoms with Crippen molar-refractivity contribution in [1.82, 2.24) is 4.90 Å². The van der Waals surface area contributed by atoms with Gasteiger partial charge in [-0.2, -0.15) is 31.6 Å². The molecule has 1 atom stereocenters. The lowest BCUT2D eigenvalue weighted by atomic mass is 10.1. The van der Waals surface area contributed by atoms with Crippen LogP contribution >= 0.6 is 0 Å². The van der Waals surface area contributed by atoms with Crippen LogP contribution in [0.3, 0.4) is 0 Å². The molecule has 0 fully saturated rings. The van der Waals surface area contributed by atoms with Crippen LogP contribution in [0.1, 0.15) is 31.4 Å². The number of hydrogen-bond donors (Lipinski definition) is 0. The van der Waals surface area contributed by atoms with Crippen LogP contribution in [0.25, 0.3) is 0 Å². The normalized spacial score (nSPS) is 13.0. The number of likely N-dealkylation sites (N-methyl/N-ethyl adjacent to an activating group) is 1. The van der Waals surface area contributed by atoms with Crippen molar-refractivity contribution < 1.29 is 31.1 Å². The Balaban J connectivity index is 3.41. The number of alkyl halides is 6. The third-order valence-corrected chi connectivity index (χ3v) is 3.87. The first-order valence-corrected chi connectivity index (χ1v) is 8.01. The first-order chi connectivity index (χ1) is 12.3. The minimum absolute atomic E-state index is 0.296. The van der Waals surface area contributed by atoms with Crippen molar-refractivity contribution in [2.45, 2.75) is 38.7 Å². The Bertz CT molecular complexity index is 708. The molecule has 0 aliphatic heterocycles. The molecular weight excluding hydrogens is 376 g/mol. The van der Waals surface area contributed by atoms with Crippen molar-refractivity contribution in [3.63, 3.8) is 0 Å². The van der Waals surface area contributed by atoms with Gasteiger partial charge >= 0.3 is 12.4 Å². The molecule has 1 aromatic carbocycles. The number of anilines is 1. The third-order valence-electron chi connectivity index (χ3n) is 3.87. The predicted octanol–water partition coefficient (Wildman–Crippen LogP) is 4.20. The maximum atomic E-state index is 13.1. The van der Waals surface area contributed by atoms with E-state index in [1.807, 2.05) is 0 Å². The first kappa shape index (κ1) is 22.6. The summed E-state index contributed by atoms with van der Waals surface area (Å²) in [6, 6.07) is 2.26. The molecule has 1 aromatic rings. The summed E-state index contributed by atoms with van der Waals surface area (Å²) < 4.78 is 78.4. The van der Waals surface area contributed by atoms with Gasteiger partial charge in [-0.25, -0.2) is 0 Å². The number of amides is 1. The van der Waals surface area contributed by atoms with Gasteiger partial charge in [0.1, 0.15) is 12.6 Å². The van der Waals surface area contributed by atoms with E-state index in [4.69, 9.17) is 5.26 Å². The molecule has 0 heterocycles. The second-order valence-electron chi connectivity index (χ2n) is 6.02. The fourth-order valence-electron chi connectivity index (χ4n) is 2.59. The number of nitrogens with zero attached hydrogens (tertiary/aromatic N) is 3. The number of hydrogen-bond acceptors (Lipinski definition) is 3. The lowest BCUT2D eigenvalue weighted by molar-refractivity contribution is -0.137. The number of nitriles is 1. The number of carbonyl (C=O) groups excluding carboxylic acids is 1. The number of benzene rings is 1. The fraction of sp³-hybridized carbons (Fsp3) is 0.529. The van der Waals surface area contributed by atoms with E-state index < -0.39 is 47.7 Å². The monoisotopic (exact) mass is 395 g/mol. The molecular formula is C17H19F6N3O. The van der Waals surface area contributed by atoms with Crippen molar-refractivity contribution in [2.75, 3.05) is 25.0 Å². The van der Waals surface area contributed by atoms with Crippen LogP contribution in [0.2, 0.25) is 0 Å². The van der Waals surface area contributed by atoms with Gasteiger partial charge in [-0.15, -0.1) is 0 Å². The molecule has 1 amide bonds. The smallest absolute Gasteiger partial charge is 0.351 e. The highest BCUT2D eigenvalue weighted by molar-refractivity contribution is 5.85. The summed E-state index contributed by atoms with van der Waals surface area (Å²) in [7, 11) is 1.41. The molecule has 0 aliphatic carbocycles. The summed E-state index contributed by atoms with van der Waals surface area (Å²) in [6.07, 6.45) is -9.09. The Morgan fingerprint density at radius 1 is 1.22 bits per heavy atom. The van der Waals surface area contributed by atoms with E-state index in [-0.39, 0.29) is 0 Å². The molecule has 0 saturated carbocycles. The molecule has 1 rings (SSSR count). The lowest BCUT2D eigenvalue weighted by Gasteiger charge is -2.34. The Morgan fingerprint density at radius 2 is 1.81 bits per heavy atom. The second kappa shape index (κ2) is 8.50. The molecule has 0 spiro atoms. The molecule has 10 heteroatoms. The zero-order valence-corrected chi connectivity index (χ0v) is 14.9. The average Bonchev–Trinajstić information content (AvgIpc) is 2.56. The van der Waals surface area contributed by atoms with Gasteiger partial charge in [-0.3, -0.25) is 4.79 Å². The Morgan fingerprint density at radius 3 is 2.26 bits per heavy atom. The Labute approximate surface area is 153 Å². The SMILES string of the molecule is CCCN(C)C(=O)C(C)N(CC(F)(F)F)c1ccc(C#N)c(C(F)(F)F)c1. The highest BCUT2D eigenvalue weighted by Crippen LogP contribution is 2.35.